The summed E-state index contributed by atoms with van der Waals surface area (Å²) < 4.78 is 0. The monoisotopic (exact) mass is 268 g/mol. The molecule has 1 unspecified atom stereocenters. The molecular formula is C13H17ClN2S. The number of hydrogen-bond acceptors (Lipinski definition) is 2. The normalized spacial score (nSPS) is 20.4. The molecule has 0 aliphatic carbocycles. The first kappa shape index (κ1) is 12.7. The van der Waals surface area contributed by atoms with Crippen LogP contribution in [-0.2, 0) is 0 Å². The fourth-order valence-electron chi connectivity index (χ4n) is 2.41. The molecule has 0 radical (unpaired) electrons. The molecule has 1 heterocycles. The highest BCUT2D eigenvalue weighted by atomic mass is 35.5. The molecule has 2 N–H and O–H groups in total. The zero-order valence-corrected chi connectivity index (χ0v) is 11.5. The predicted octanol–water partition coefficient (Wildman–Crippen LogP) is 3.35. The van der Waals surface area contributed by atoms with Crippen molar-refractivity contribution in [2.24, 2.45) is 5.73 Å². The Kier molecular flexibility index (Phi) is 3.89. The Morgan fingerprint density at radius 3 is 2.88 bits per heavy atom. The predicted molar refractivity (Wildman–Crippen MR) is 78.0 cm³/mol. The van der Waals surface area contributed by atoms with Gasteiger partial charge in [-0.25, -0.2) is 0 Å². The second-order valence-electron chi connectivity index (χ2n) is 4.56. The molecule has 92 valence electrons. The molecule has 0 saturated carbocycles. The van der Waals surface area contributed by atoms with Crippen LogP contribution in [0.25, 0.3) is 0 Å². The van der Waals surface area contributed by atoms with E-state index in [0.29, 0.717) is 11.0 Å². The highest BCUT2D eigenvalue weighted by Gasteiger charge is 2.21. The average Bonchev–Trinajstić information content (AvgIpc) is 2.29. The van der Waals surface area contributed by atoms with Crippen LogP contribution in [0.4, 0.5) is 5.69 Å². The first-order valence-electron chi connectivity index (χ1n) is 5.95. The molecule has 0 amide bonds. The van der Waals surface area contributed by atoms with E-state index < -0.39 is 0 Å². The first-order chi connectivity index (χ1) is 8.09. The van der Waals surface area contributed by atoms with Crippen LogP contribution in [0.3, 0.4) is 0 Å². The van der Waals surface area contributed by atoms with Crippen LogP contribution in [0.5, 0.6) is 0 Å². The molecule has 1 fully saturated rings. The van der Waals surface area contributed by atoms with Crippen molar-refractivity contribution >= 4 is 34.5 Å². The van der Waals surface area contributed by atoms with Gasteiger partial charge in [-0.2, -0.15) is 0 Å². The Bertz CT molecular complexity index is 433. The number of nitrogens with two attached hydrogens (primary N) is 1. The van der Waals surface area contributed by atoms with Gasteiger partial charge in [-0.1, -0.05) is 23.8 Å². The van der Waals surface area contributed by atoms with E-state index in [0.717, 1.165) is 22.8 Å². The maximum Gasteiger partial charge on any atom is 0.106 e. The fraction of sp³-hybridized carbons (Fsp3) is 0.462. The third kappa shape index (κ3) is 2.72. The van der Waals surface area contributed by atoms with Crippen LogP contribution >= 0.6 is 23.8 Å². The maximum absolute atomic E-state index is 6.08. The molecule has 1 aliphatic rings. The van der Waals surface area contributed by atoms with Gasteiger partial charge in [0.2, 0.25) is 0 Å². The van der Waals surface area contributed by atoms with Crippen LogP contribution < -0.4 is 10.6 Å². The highest BCUT2D eigenvalue weighted by molar-refractivity contribution is 7.80. The van der Waals surface area contributed by atoms with Gasteiger partial charge in [-0.3, -0.25) is 0 Å². The van der Waals surface area contributed by atoms with E-state index in [1.54, 1.807) is 0 Å². The Labute approximate surface area is 113 Å². The average molecular weight is 269 g/mol. The lowest BCUT2D eigenvalue weighted by atomic mass is 10.0. The second kappa shape index (κ2) is 5.23. The number of anilines is 1. The Hall–Kier alpha value is -0.800. The quantitative estimate of drug-likeness (QED) is 0.834. The molecule has 17 heavy (non-hydrogen) atoms. The van der Waals surface area contributed by atoms with E-state index in [1.165, 1.54) is 19.3 Å². The van der Waals surface area contributed by atoms with Crippen molar-refractivity contribution in [3.05, 3.63) is 28.8 Å². The minimum atomic E-state index is 0.439. The molecule has 0 bridgehead atoms. The van der Waals surface area contributed by atoms with Gasteiger partial charge >= 0.3 is 0 Å². The van der Waals surface area contributed by atoms with E-state index in [-0.39, 0.29) is 0 Å². The highest BCUT2D eigenvalue weighted by Crippen LogP contribution is 2.30. The zero-order valence-electron chi connectivity index (χ0n) is 9.95. The number of hydrogen-bond donors (Lipinski definition) is 1. The summed E-state index contributed by atoms with van der Waals surface area (Å²) >= 11 is 11.2. The molecule has 0 spiro atoms. The summed E-state index contributed by atoms with van der Waals surface area (Å²) in [6.45, 7) is 3.29. The summed E-state index contributed by atoms with van der Waals surface area (Å²) in [5, 5.41) is 0.734. The summed E-state index contributed by atoms with van der Waals surface area (Å²) in [6, 6.07) is 6.25. The smallest absolute Gasteiger partial charge is 0.106 e. The van der Waals surface area contributed by atoms with Crippen molar-refractivity contribution in [3.8, 4) is 0 Å². The van der Waals surface area contributed by atoms with Crippen LogP contribution in [0.1, 0.15) is 31.7 Å². The van der Waals surface area contributed by atoms with Crippen LogP contribution in [0.15, 0.2) is 18.2 Å². The number of benzene rings is 1. The van der Waals surface area contributed by atoms with Crippen molar-refractivity contribution in [1.29, 1.82) is 0 Å². The molecule has 1 aromatic rings. The van der Waals surface area contributed by atoms with Crippen molar-refractivity contribution < 1.29 is 0 Å². The van der Waals surface area contributed by atoms with Crippen LogP contribution in [0.2, 0.25) is 5.02 Å². The molecule has 1 aromatic carbocycles. The Morgan fingerprint density at radius 2 is 2.24 bits per heavy atom. The van der Waals surface area contributed by atoms with Crippen molar-refractivity contribution in [3.63, 3.8) is 0 Å². The zero-order chi connectivity index (χ0) is 12.4. The van der Waals surface area contributed by atoms with Gasteiger partial charge in [0, 0.05) is 28.9 Å². The Balaban J connectivity index is 2.41. The van der Waals surface area contributed by atoms with E-state index >= 15 is 0 Å². The summed E-state index contributed by atoms with van der Waals surface area (Å²) in [5.41, 5.74) is 7.79. The van der Waals surface area contributed by atoms with Crippen molar-refractivity contribution in [1.82, 2.24) is 0 Å². The third-order valence-electron chi connectivity index (χ3n) is 3.34. The topological polar surface area (TPSA) is 29.3 Å². The molecule has 1 atom stereocenters. The van der Waals surface area contributed by atoms with Gasteiger partial charge in [0.15, 0.2) is 0 Å². The molecule has 2 rings (SSSR count). The van der Waals surface area contributed by atoms with Gasteiger partial charge in [0.05, 0.1) is 0 Å². The van der Waals surface area contributed by atoms with Gasteiger partial charge in [-0.15, -0.1) is 0 Å². The molecule has 2 nitrogen and oxygen atoms in total. The Morgan fingerprint density at radius 1 is 1.47 bits per heavy atom. The minimum Gasteiger partial charge on any atom is -0.389 e. The molecule has 4 heteroatoms. The van der Waals surface area contributed by atoms with Crippen molar-refractivity contribution in [2.75, 3.05) is 11.4 Å². The van der Waals surface area contributed by atoms with E-state index in [9.17, 15) is 0 Å². The lowest BCUT2D eigenvalue weighted by Gasteiger charge is -2.36. The largest absolute Gasteiger partial charge is 0.389 e. The van der Waals surface area contributed by atoms with Gasteiger partial charge in [-0.05, 0) is 44.4 Å². The van der Waals surface area contributed by atoms with Crippen molar-refractivity contribution in [2.45, 2.75) is 32.2 Å². The van der Waals surface area contributed by atoms with Gasteiger partial charge < -0.3 is 10.6 Å². The molecule has 1 aliphatic heterocycles. The first-order valence-corrected chi connectivity index (χ1v) is 6.74. The maximum atomic E-state index is 6.08. The van der Waals surface area contributed by atoms with E-state index in [2.05, 4.69) is 11.8 Å². The fourth-order valence-corrected chi connectivity index (χ4v) is 2.75. The van der Waals surface area contributed by atoms with E-state index in [4.69, 9.17) is 29.6 Å². The number of piperidine rings is 1. The molecule has 1 saturated heterocycles. The lowest BCUT2D eigenvalue weighted by molar-refractivity contribution is 0.485. The second-order valence-corrected chi connectivity index (χ2v) is 5.44. The number of halogens is 1. The SMILES string of the molecule is CC1CCCCN1c1cc(Cl)ccc1C(N)=S. The summed E-state index contributed by atoms with van der Waals surface area (Å²) in [4.78, 5) is 2.80. The van der Waals surface area contributed by atoms with E-state index in [1.807, 2.05) is 18.2 Å². The summed E-state index contributed by atoms with van der Waals surface area (Å²) in [6.07, 6.45) is 3.72. The number of thiocarbonyl (C=S) groups is 1. The summed E-state index contributed by atoms with van der Waals surface area (Å²) in [5.74, 6) is 0. The number of nitrogens with zero attached hydrogens (tertiary/aromatic N) is 1. The van der Waals surface area contributed by atoms with Gasteiger partial charge in [0.25, 0.3) is 0 Å². The molecule has 0 aromatic heterocycles. The van der Waals surface area contributed by atoms with Gasteiger partial charge in [0.1, 0.15) is 4.99 Å². The molecular weight excluding hydrogens is 252 g/mol. The van der Waals surface area contributed by atoms with Crippen LogP contribution in [-0.4, -0.2) is 17.6 Å². The number of rotatable bonds is 2. The minimum absolute atomic E-state index is 0.439. The van der Waals surface area contributed by atoms with Crippen LogP contribution in [0, 0.1) is 0 Å². The standard InChI is InChI=1S/C13H17ClN2S/c1-9-4-2-3-7-16(9)12-8-10(14)5-6-11(12)13(15)17/h5-6,8-9H,2-4,7H2,1H3,(H2,15,17). The summed E-state index contributed by atoms with van der Waals surface area (Å²) in [7, 11) is 0. The lowest BCUT2D eigenvalue weighted by Crippen LogP contribution is -2.38. The third-order valence-corrected chi connectivity index (χ3v) is 3.79.